The lowest BCUT2D eigenvalue weighted by molar-refractivity contribution is -0.127. The van der Waals surface area contributed by atoms with Crippen LogP contribution in [0.5, 0.6) is 0 Å². The molecule has 1 fully saturated rings. The maximum absolute atomic E-state index is 14.9. The Hall–Kier alpha value is -2.88. The molecule has 0 unspecified atom stereocenters. The fourth-order valence-corrected chi connectivity index (χ4v) is 7.31. The monoisotopic (exact) mass is 453 g/mol. The fraction of sp³-hybridized carbons (Fsp3) is 0.167. The summed E-state index contributed by atoms with van der Waals surface area (Å²) < 4.78 is 19.9. The van der Waals surface area contributed by atoms with E-state index in [9.17, 15) is 14.2 Å². The average molecular weight is 454 g/mol. The van der Waals surface area contributed by atoms with Gasteiger partial charge in [0.15, 0.2) is 7.14 Å². The van der Waals surface area contributed by atoms with Crippen molar-refractivity contribution in [3.8, 4) is 0 Å². The highest BCUT2D eigenvalue weighted by Crippen LogP contribution is 2.59. The van der Waals surface area contributed by atoms with Crippen LogP contribution in [0.1, 0.15) is 17.6 Å². The first-order valence-electron chi connectivity index (χ1n) is 9.93. The number of cyclic esters (lactones) is 1. The van der Waals surface area contributed by atoms with Crippen molar-refractivity contribution in [1.82, 2.24) is 4.90 Å². The largest absolute Gasteiger partial charge is 0.447 e. The van der Waals surface area contributed by atoms with E-state index in [0.29, 0.717) is 21.2 Å². The molecular weight excluding hydrogens is 433 g/mol. The number of hydrogen-bond acceptors (Lipinski definition) is 4. The average Bonchev–Trinajstić information content (AvgIpc) is 3.24. The summed E-state index contributed by atoms with van der Waals surface area (Å²) in [6.07, 6.45) is -0.777. The SMILES string of the molecule is O=C(C[C@@H](c1cccc(Cl)c1)P(=O)(c1ccccc1)c1ccccc1)N1CCOC1=O. The lowest BCUT2D eigenvalue weighted by atomic mass is 10.1. The quantitative estimate of drug-likeness (QED) is 0.505. The third-order valence-corrected chi connectivity index (χ3v) is 9.11. The van der Waals surface area contributed by atoms with Gasteiger partial charge in [-0.2, -0.15) is 0 Å². The minimum Gasteiger partial charge on any atom is -0.447 e. The molecule has 7 heteroatoms. The highest BCUT2D eigenvalue weighted by molar-refractivity contribution is 7.79. The maximum atomic E-state index is 14.9. The van der Waals surface area contributed by atoms with Gasteiger partial charge in [-0.3, -0.25) is 4.79 Å². The number of rotatable bonds is 6. The van der Waals surface area contributed by atoms with Crippen LogP contribution in [0.3, 0.4) is 0 Å². The molecule has 1 saturated heterocycles. The summed E-state index contributed by atoms with van der Waals surface area (Å²) in [7, 11) is -3.35. The Bertz CT molecular complexity index is 1090. The highest BCUT2D eigenvalue weighted by Gasteiger charge is 2.41. The Morgan fingerprint density at radius 2 is 1.58 bits per heavy atom. The molecule has 0 aromatic heterocycles. The van der Waals surface area contributed by atoms with Crippen molar-refractivity contribution in [2.45, 2.75) is 12.1 Å². The van der Waals surface area contributed by atoms with Crippen LogP contribution in [0, 0.1) is 0 Å². The van der Waals surface area contributed by atoms with E-state index in [1.807, 2.05) is 66.7 Å². The summed E-state index contributed by atoms with van der Waals surface area (Å²) in [6, 6.07) is 25.4. The number of imide groups is 1. The smallest absolute Gasteiger partial charge is 0.416 e. The van der Waals surface area contributed by atoms with E-state index in [2.05, 4.69) is 0 Å². The molecule has 158 valence electrons. The van der Waals surface area contributed by atoms with Crippen molar-refractivity contribution in [2.75, 3.05) is 13.2 Å². The summed E-state index contributed by atoms with van der Waals surface area (Å²) in [6.45, 7) is 0.363. The van der Waals surface area contributed by atoms with Crippen LogP contribution >= 0.6 is 18.7 Å². The van der Waals surface area contributed by atoms with Gasteiger partial charge in [0.25, 0.3) is 0 Å². The van der Waals surface area contributed by atoms with Crippen LogP contribution in [0.25, 0.3) is 0 Å². The van der Waals surface area contributed by atoms with Crippen molar-refractivity contribution < 1.29 is 18.9 Å². The molecule has 0 N–H and O–H groups in total. The van der Waals surface area contributed by atoms with Gasteiger partial charge in [-0.05, 0) is 17.7 Å². The van der Waals surface area contributed by atoms with Gasteiger partial charge in [-0.25, -0.2) is 9.69 Å². The Balaban J connectivity index is 1.87. The molecule has 0 saturated carbocycles. The summed E-state index contributed by atoms with van der Waals surface area (Å²) in [4.78, 5) is 26.2. The third kappa shape index (κ3) is 4.30. The first-order valence-corrected chi connectivity index (χ1v) is 12.1. The van der Waals surface area contributed by atoms with Crippen molar-refractivity contribution >= 4 is 41.4 Å². The first-order chi connectivity index (χ1) is 15.0. The van der Waals surface area contributed by atoms with Crippen LogP contribution in [-0.2, 0) is 14.1 Å². The number of carbonyl (C=O) groups excluding carboxylic acids is 2. The van der Waals surface area contributed by atoms with Gasteiger partial charge >= 0.3 is 6.09 Å². The zero-order chi connectivity index (χ0) is 21.8. The molecule has 1 heterocycles. The predicted molar refractivity (Wildman–Crippen MR) is 122 cm³/mol. The molecule has 3 aromatic rings. The number of amides is 2. The number of benzene rings is 3. The number of hydrogen-bond donors (Lipinski definition) is 0. The molecule has 1 aliphatic rings. The molecule has 3 aromatic carbocycles. The zero-order valence-electron chi connectivity index (χ0n) is 16.7. The number of ether oxygens (including phenoxy) is 1. The summed E-state index contributed by atoms with van der Waals surface area (Å²) >= 11 is 6.26. The summed E-state index contributed by atoms with van der Waals surface area (Å²) in [5, 5.41) is 1.77. The minimum atomic E-state index is -3.35. The van der Waals surface area contributed by atoms with Gasteiger partial charge in [0, 0.05) is 22.1 Å². The number of halogens is 1. The van der Waals surface area contributed by atoms with Gasteiger partial charge in [0.1, 0.15) is 6.61 Å². The molecule has 0 aliphatic carbocycles. The van der Waals surface area contributed by atoms with Crippen LogP contribution in [-0.4, -0.2) is 30.1 Å². The summed E-state index contributed by atoms with van der Waals surface area (Å²) in [5.74, 6) is -0.417. The number of nitrogens with zero attached hydrogens (tertiary/aromatic N) is 1. The van der Waals surface area contributed by atoms with Gasteiger partial charge in [0.2, 0.25) is 5.91 Å². The van der Waals surface area contributed by atoms with E-state index in [0.717, 1.165) is 4.90 Å². The Labute approximate surface area is 186 Å². The molecular formula is C24H21ClNO4P. The Kier molecular flexibility index (Phi) is 6.26. The first kappa shape index (κ1) is 21.4. The molecule has 4 rings (SSSR count). The van der Waals surface area contributed by atoms with E-state index in [1.165, 1.54) is 0 Å². The maximum Gasteiger partial charge on any atom is 0.416 e. The van der Waals surface area contributed by atoms with Crippen molar-refractivity contribution in [3.63, 3.8) is 0 Å². The molecule has 5 nitrogen and oxygen atoms in total. The fourth-order valence-electron chi connectivity index (χ4n) is 3.87. The molecule has 0 spiro atoms. The van der Waals surface area contributed by atoms with Crippen molar-refractivity contribution in [2.24, 2.45) is 0 Å². The zero-order valence-corrected chi connectivity index (χ0v) is 18.3. The van der Waals surface area contributed by atoms with Crippen LogP contribution in [0.4, 0.5) is 4.79 Å². The van der Waals surface area contributed by atoms with E-state index in [-0.39, 0.29) is 19.6 Å². The Morgan fingerprint density at radius 1 is 0.968 bits per heavy atom. The molecule has 0 bridgehead atoms. The standard InChI is InChI=1S/C24H21ClNO4P/c25-19-9-7-8-18(16-19)22(17-23(27)26-14-15-30-24(26)28)31(29,20-10-3-1-4-11-20)21-12-5-2-6-13-21/h1-13,16,22H,14-15,17H2/t22-/m0/s1. The molecule has 0 radical (unpaired) electrons. The molecule has 1 aliphatic heterocycles. The van der Waals surface area contributed by atoms with Gasteiger partial charge in [0.05, 0.1) is 12.2 Å². The van der Waals surface area contributed by atoms with E-state index < -0.39 is 24.8 Å². The molecule has 1 atom stereocenters. The molecule has 31 heavy (non-hydrogen) atoms. The normalized spacial score (nSPS) is 14.9. The number of carbonyl (C=O) groups is 2. The van der Waals surface area contributed by atoms with Crippen molar-refractivity contribution in [3.05, 3.63) is 95.5 Å². The lowest BCUT2D eigenvalue weighted by Crippen LogP contribution is -2.34. The van der Waals surface area contributed by atoms with E-state index in [4.69, 9.17) is 16.3 Å². The van der Waals surface area contributed by atoms with Crippen molar-refractivity contribution in [1.29, 1.82) is 0 Å². The van der Waals surface area contributed by atoms with Gasteiger partial charge in [-0.1, -0.05) is 84.4 Å². The van der Waals surface area contributed by atoms with Crippen LogP contribution in [0.15, 0.2) is 84.9 Å². The second-order valence-corrected chi connectivity index (χ2v) is 10.7. The molecule has 2 amide bonds. The third-order valence-electron chi connectivity index (χ3n) is 5.38. The van der Waals surface area contributed by atoms with Gasteiger partial charge in [-0.15, -0.1) is 0 Å². The van der Waals surface area contributed by atoms with E-state index >= 15 is 0 Å². The second-order valence-electron chi connectivity index (χ2n) is 7.26. The minimum absolute atomic E-state index is 0.115. The second kappa shape index (κ2) is 9.09. The summed E-state index contributed by atoms with van der Waals surface area (Å²) in [5.41, 5.74) is -0.0126. The van der Waals surface area contributed by atoms with Gasteiger partial charge < -0.3 is 9.30 Å². The Morgan fingerprint density at radius 3 is 2.10 bits per heavy atom. The van der Waals surface area contributed by atoms with E-state index in [1.54, 1.807) is 18.2 Å². The predicted octanol–water partition coefficient (Wildman–Crippen LogP) is 4.76. The van der Waals surface area contributed by atoms with Crippen LogP contribution in [0.2, 0.25) is 5.02 Å². The lowest BCUT2D eigenvalue weighted by Gasteiger charge is -2.30. The van der Waals surface area contributed by atoms with Crippen LogP contribution < -0.4 is 10.6 Å². The highest BCUT2D eigenvalue weighted by atomic mass is 35.5. The topological polar surface area (TPSA) is 63.7 Å².